The number of hydrogen-bond acceptors (Lipinski definition) is 9. The molecule has 136 valence electrons. The van der Waals surface area contributed by atoms with E-state index in [1.54, 1.807) is 0 Å². The van der Waals surface area contributed by atoms with Gasteiger partial charge >= 0.3 is 11.3 Å². The van der Waals surface area contributed by atoms with Crippen LogP contribution >= 0.6 is 0 Å². The molecule has 2 heterocycles. The van der Waals surface area contributed by atoms with Crippen molar-refractivity contribution in [2.75, 3.05) is 0 Å². The van der Waals surface area contributed by atoms with E-state index in [0.29, 0.717) is 4.90 Å². The van der Waals surface area contributed by atoms with Crippen LogP contribution in [0.25, 0.3) is 0 Å². The molecule has 4 fully saturated rings. The molecule has 2 aliphatic carbocycles. The lowest BCUT2D eigenvalue weighted by Gasteiger charge is -2.57. The third kappa shape index (κ3) is 1.61. The Morgan fingerprint density at radius 1 is 0.800 bits per heavy atom. The number of hydrogen-bond donors (Lipinski definition) is 0. The van der Waals surface area contributed by atoms with E-state index in [2.05, 4.69) is 0 Å². The van der Waals surface area contributed by atoms with Gasteiger partial charge in [-0.15, -0.1) is 0 Å². The predicted molar refractivity (Wildman–Crippen MR) is 74.4 cm³/mol. The summed E-state index contributed by atoms with van der Waals surface area (Å²) in [7, 11) is 0. The topological polar surface area (TPSA) is 193 Å². The van der Waals surface area contributed by atoms with Crippen LogP contribution in [0.4, 0.5) is 0 Å². The van der Waals surface area contributed by atoms with Crippen LogP contribution in [-0.4, -0.2) is 53.9 Å². The molecular formula is C11H13N5O9. The molecule has 0 aromatic rings. The highest BCUT2D eigenvalue weighted by Gasteiger charge is 2.88. The minimum atomic E-state index is -2.70. The first-order valence-electron chi connectivity index (χ1n) is 7.40. The summed E-state index contributed by atoms with van der Waals surface area (Å²) >= 11 is 0. The molecule has 1 amide bonds. The highest BCUT2D eigenvalue weighted by Crippen LogP contribution is 2.59. The van der Waals surface area contributed by atoms with Gasteiger partial charge in [-0.1, -0.05) is 0 Å². The van der Waals surface area contributed by atoms with Gasteiger partial charge in [0.1, 0.15) is 31.5 Å². The van der Waals surface area contributed by atoms with Crippen molar-refractivity contribution in [3.8, 4) is 0 Å². The molecule has 2 saturated heterocycles. The third-order valence-corrected chi connectivity index (χ3v) is 5.97. The molecule has 2 saturated carbocycles. The minimum absolute atomic E-state index is 0.372. The average molecular weight is 359 g/mol. The molecule has 14 nitrogen and oxygen atoms in total. The standard InChI is InChI=1S/C11H13N5O9/c1-5(17)12-8-3-6-2-7(11(8,15(22)23)16(24)25)4-9(12)10(6,13(18)19)14(20)21/h6-9H,2-4H2,1H3. The Bertz CT molecular complexity index is 643. The van der Waals surface area contributed by atoms with Gasteiger partial charge in [0.25, 0.3) is 0 Å². The van der Waals surface area contributed by atoms with Crippen molar-refractivity contribution >= 4 is 5.91 Å². The van der Waals surface area contributed by atoms with Crippen LogP contribution in [0, 0.1) is 52.3 Å². The molecule has 4 atom stereocenters. The van der Waals surface area contributed by atoms with Crippen molar-refractivity contribution < 1.29 is 24.5 Å². The smallest absolute Gasteiger partial charge is 0.309 e. The minimum Gasteiger partial charge on any atom is -0.309 e. The van der Waals surface area contributed by atoms with Crippen LogP contribution in [0.2, 0.25) is 0 Å². The van der Waals surface area contributed by atoms with Crippen molar-refractivity contribution in [1.82, 2.24) is 4.90 Å². The highest BCUT2D eigenvalue weighted by atomic mass is 16.7. The van der Waals surface area contributed by atoms with E-state index in [-0.39, 0.29) is 6.42 Å². The number of carbonyl (C=O) groups excluding carboxylic acids is 1. The second kappa shape index (κ2) is 4.80. The molecule has 4 rings (SSSR count). The van der Waals surface area contributed by atoms with E-state index in [4.69, 9.17) is 0 Å². The molecule has 0 aromatic carbocycles. The van der Waals surface area contributed by atoms with E-state index in [9.17, 15) is 45.3 Å². The summed E-state index contributed by atoms with van der Waals surface area (Å²) in [6, 6.07) is -3.10. The van der Waals surface area contributed by atoms with E-state index >= 15 is 0 Å². The molecule has 0 aromatic heterocycles. The fraction of sp³-hybridized carbons (Fsp3) is 0.909. The van der Waals surface area contributed by atoms with Gasteiger partial charge in [-0.25, -0.2) is 0 Å². The number of nitro groups is 4. The zero-order valence-corrected chi connectivity index (χ0v) is 12.8. The second-order valence-corrected chi connectivity index (χ2v) is 6.65. The van der Waals surface area contributed by atoms with Crippen LogP contribution in [0.5, 0.6) is 0 Å². The van der Waals surface area contributed by atoms with Gasteiger partial charge in [0.05, 0.1) is 0 Å². The summed E-state index contributed by atoms with van der Waals surface area (Å²) in [4.78, 5) is 54.9. The highest BCUT2D eigenvalue weighted by molar-refractivity contribution is 5.75. The Morgan fingerprint density at radius 2 is 1.12 bits per heavy atom. The van der Waals surface area contributed by atoms with Gasteiger partial charge in [-0.05, 0) is 19.3 Å². The van der Waals surface area contributed by atoms with E-state index in [0.717, 1.165) is 6.92 Å². The lowest BCUT2D eigenvalue weighted by Crippen LogP contribution is -2.85. The Morgan fingerprint density at radius 3 is 1.36 bits per heavy atom. The van der Waals surface area contributed by atoms with Crippen LogP contribution in [0.15, 0.2) is 0 Å². The quantitative estimate of drug-likeness (QED) is 0.361. The molecule has 0 N–H and O–H groups in total. The largest absolute Gasteiger partial charge is 0.480 e. The van der Waals surface area contributed by atoms with Crippen LogP contribution in [0.3, 0.4) is 0 Å². The lowest BCUT2D eigenvalue weighted by atomic mass is 9.54. The number of rotatable bonds is 4. The molecule has 4 aliphatic rings. The molecular weight excluding hydrogens is 346 g/mol. The molecule has 4 unspecified atom stereocenters. The maximum Gasteiger partial charge on any atom is 0.480 e. The normalized spacial score (nSPS) is 33.7. The third-order valence-electron chi connectivity index (χ3n) is 5.97. The molecule has 2 aliphatic heterocycles. The summed E-state index contributed by atoms with van der Waals surface area (Å²) < 4.78 is 0. The molecule has 14 heteroatoms. The Balaban J connectivity index is 2.24. The summed E-state index contributed by atoms with van der Waals surface area (Å²) in [5.74, 6) is -3.32. The summed E-state index contributed by atoms with van der Waals surface area (Å²) in [6.07, 6.45) is -1.43. The average Bonchev–Trinajstić information content (AvgIpc) is 2.44. The number of piperidine rings is 2. The van der Waals surface area contributed by atoms with Crippen LogP contribution < -0.4 is 0 Å². The van der Waals surface area contributed by atoms with Crippen LogP contribution in [0.1, 0.15) is 26.2 Å². The first kappa shape index (κ1) is 16.9. The van der Waals surface area contributed by atoms with Crippen molar-refractivity contribution in [3.05, 3.63) is 40.5 Å². The SMILES string of the molecule is CC(=O)N1C2CC3CC(CC1C3([N+](=O)[O-])[N+](=O)[O-])C2([N+](=O)[O-])[N+](=O)[O-]. The van der Waals surface area contributed by atoms with Crippen molar-refractivity contribution in [2.45, 2.75) is 49.6 Å². The van der Waals surface area contributed by atoms with Gasteiger partial charge in [-0.2, -0.15) is 0 Å². The van der Waals surface area contributed by atoms with E-state index in [1.165, 1.54) is 0 Å². The maximum absolute atomic E-state index is 12.0. The van der Waals surface area contributed by atoms with Gasteiger partial charge in [0.2, 0.25) is 5.91 Å². The monoisotopic (exact) mass is 359 g/mol. The molecule has 0 radical (unpaired) electrons. The van der Waals surface area contributed by atoms with Gasteiger partial charge < -0.3 is 4.90 Å². The fourth-order valence-corrected chi connectivity index (χ4v) is 5.17. The second-order valence-electron chi connectivity index (χ2n) is 6.65. The Labute approximate surface area is 138 Å². The van der Waals surface area contributed by atoms with Crippen molar-refractivity contribution in [3.63, 3.8) is 0 Å². The summed E-state index contributed by atoms with van der Waals surface area (Å²) in [6.45, 7) is 0.942. The van der Waals surface area contributed by atoms with Crippen LogP contribution in [-0.2, 0) is 4.79 Å². The molecule has 0 spiro atoms. The molecule has 25 heavy (non-hydrogen) atoms. The van der Waals surface area contributed by atoms with Gasteiger partial charge in [0.15, 0.2) is 12.1 Å². The first-order chi connectivity index (χ1) is 11.5. The van der Waals surface area contributed by atoms with E-state index in [1.807, 2.05) is 0 Å². The zero-order chi connectivity index (χ0) is 18.9. The first-order valence-corrected chi connectivity index (χ1v) is 7.40. The van der Waals surface area contributed by atoms with Gasteiger partial charge in [-0.3, -0.25) is 45.3 Å². The lowest BCUT2D eigenvalue weighted by molar-refractivity contribution is -0.850. The van der Waals surface area contributed by atoms with Crippen molar-refractivity contribution in [1.29, 1.82) is 0 Å². The number of carbonyl (C=O) groups is 1. The predicted octanol–water partition coefficient (Wildman–Crippen LogP) is -0.485. The Kier molecular flexibility index (Phi) is 3.24. The molecule has 4 bridgehead atoms. The summed E-state index contributed by atoms with van der Waals surface area (Å²) in [5.41, 5.74) is -5.39. The maximum atomic E-state index is 12.0. The number of amides is 1. The fourth-order valence-electron chi connectivity index (χ4n) is 5.17. The van der Waals surface area contributed by atoms with E-state index < -0.39 is 73.7 Å². The Hall–Kier alpha value is -2.93. The zero-order valence-electron chi connectivity index (χ0n) is 12.8. The summed E-state index contributed by atoms with van der Waals surface area (Å²) in [5, 5.41) is 46.4. The van der Waals surface area contributed by atoms with Gasteiger partial charge in [0, 0.05) is 6.92 Å². The van der Waals surface area contributed by atoms with Crippen molar-refractivity contribution in [2.24, 2.45) is 11.8 Å². The number of nitrogens with zero attached hydrogens (tertiary/aromatic N) is 5.